The lowest BCUT2D eigenvalue weighted by molar-refractivity contribution is 0.0943. The number of thioether (sulfide) groups is 1. The van der Waals surface area contributed by atoms with E-state index < -0.39 is 0 Å². The predicted octanol–water partition coefficient (Wildman–Crippen LogP) is 3.67. The Kier molecular flexibility index (Phi) is 6.09. The van der Waals surface area contributed by atoms with E-state index in [4.69, 9.17) is 4.74 Å². The molecule has 0 saturated heterocycles. The number of methoxy groups -OCH3 is 1. The third kappa shape index (κ3) is 3.98. The highest BCUT2D eigenvalue weighted by Crippen LogP contribution is 2.21. The summed E-state index contributed by atoms with van der Waals surface area (Å²) in [6.45, 7) is 0.956. The topological polar surface area (TPSA) is 56.1 Å². The molecule has 0 unspecified atom stereocenters. The summed E-state index contributed by atoms with van der Waals surface area (Å²) in [6, 6.07) is 17.7. The van der Waals surface area contributed by atoms with Crippen LogP contribution in [0, 0.1) is 0 Å². The molecule has 0 aliphatic rings. The zero-order valence-corrected chi connectivity index (χ0v) is 15.6. The fourth-order valence-electron chi connectivity index (χ4n) is 2.76. The Hall–Kier alpha value is -2.57. The van der Waals surface area contributed by atoms with E-state index in [1.165, 1.54) is 11.8 Å². The molecule has 0 bridgehead atoms. The Morgan fingerprint density at radius 2 is 1.81 bits per heavy atom. The number of hydrogen-bond donors (Lipinski definition) is 1. The van der Waals surface area contributed by atoms with Crippen LogP contribution in [-0.2, 0) is 17.9 Å². The van der Waals surface area contributed by atoms with Crippen molar-refractivity contribution in [3.05, 3.63) is 77.6 Å². The number of aromatic nitrogens is 2. The molecule has 0 aliphatic carbocycles. The zero-order chi connectivity index (χ0) is 18.4. The number of para-hydroxylation sites is 1. The van der Waals surface area contributed by atoms with Crippen LogP contribution in [0.25, 0.3) is 5.69 Å². The van der Waals surface area contributed by atoms with Gasteiger partial charge in [-0.25, -0.2) is 4.98 Å². The van der Waals surface area contributed by atoms with Gasteiger partial charge in [0.2, 0.25) is 0 Å². The highest BCUT2D eigenvalue weighted by molar-refractivity contribution is 7.98. The van der Waals surface area contributed by atoms with Gasteiger partial charge in [-0.2, -0.15) is 0 Å². The van der Waals surface area contributed by atoms with Gasteiger partial charge in [0.1, 0.15) is 5.69 Å². The van der Waals surface area contributed by atoms with Gasteiger partial charge in [-0.05, 0) is 29.5 Å². The summed E-state index contributed by atoms with van der Waals surface area (Å²) >= 11 is 1.51. The molecule has 0 radical (unpaired) electrons. The molecule has 0 saturated carbocycles. The smallest absolute Gasteiger partial charge is 0.270 e. The number of carbonyl (C=O) groups is 1. The molecule has 0 atom stereocenters. The number of benzene rings is 2. The first-order chi connectivity index (χ1) is 12.7. The van der Waals surface area contributed by atoms with E-state index in [1.54, 1.807) is 13.3 Å². The summed E-state index contributed by atoms with van der Waals surface area (Å²) in [5.74, 6) is -0.158. The van der Waals surface area contributed by atoms with Crippen LogP contribution in [0.4, 0.5) is 0 Å². The van der Waals surface area contributed by atoms with Crippen LogP contribution in [0.2, 0.25) is 0 Å². The van der Waals surface area contributed by atoms with Gasteiger partial charge >= 0.3 is 0 Å². The van der Waals surface area contributed by atoms with Crippen LogP contribution in [0.1, 0.15) is 21.6 Å². The van der Waals surface area contributed by atoms with Crippen molar-refractivity contribution in [2.24, 2.45) is 0 Å². The van der Waals surface area contributed by atoms with Gasteiger partial charge in [0.25, 0.3) is 5.91 Å². The zero-order valence-electron chi connectivity index (χ0n) is 14.8. The summed E-state index contributed by atoms with van der Waals surface area (Å²) in [7, 11) is 1.66. The molecule has 26 heavy (non-hydrogen) atoms. The third-order valence-electron chi connectivity index (χ3n) is 4.02. The first-order valence-corrected chi connectivity index (χ1v) is 9.48. The van der Waals surface area contributed by atoms with Gasteiger partial charge < -0.3 is 10.1 Å². The standard InChI is InChI=1S/C20H21N3O2S/c1-25-14-16-9-7-6-8-15(16)12-21-19(24)18-13-22-20(26-2)23(18)17-10-4-3-5-11-17/h3-11,13H,12,14H2,1-2H3,(H,21,24). The first-order valence-electron chi connectivity index (χ1n) is 8.25. The highest BCUT2D eigenvalue weighted by Gasteiger charge is 2.17. The van der Waals surface area contributed by atoms with Gasteiger partial charge in [-0.15, -0.1) is 0 Å². The van der Waals surface area contributed by atoms with Crippen LogP contribution in [0.15, 0.2) is 66.0 Å². The Bertz CT molecular complexity index is 878. The molecule has 2 aromatic carbocycles. The second kappa shape index (κ2) is 8.69. The second-order valence-electron chi connectivity index (χ2n) is 5.69. The molecule has 1 heterocycles. The summed E-state index contributed by atoms with van der Waals surface area (Å²) in [6.07, 6.45) is 3.57. The van der Waals surface area contributed by atoms with Crippen LogP contribution in [-0.4, -0.2) is 28.8 Å². The van der Waals surface area contributed by atoms with Crippen molar-refractivity contribution in [3.63, 3.8) is 0 Å². The summed E-state index contributed by atoms with van der Waals surface area (Å²) in [4.78, 5) is 17.2. The van der Waals surface area contributed by atoms with Crippen molar-refractivity contribution < 1.29 is 9.53 Å². The van der Waals surface area contributed by atoms with Gasteiger partial charge in [0.15, 0.2) is 5.16 Å². The minimum absolute atomic E-state index is 0.158. The number of rotatable bonds is 7. The van der Waals surface area contributed by atoms with Crippen LogP contribution in [0.5, 0.6) is 0 Å². The van der Waals surface area contributed by atoms with Crippen LogP contribution >= 0.6 is 11.8 Å². The number of carbonyl (C=O) groups excluding carboxylic acids is 1. The SMILES string of the molecule is COCc1ccccc1CNC(=O)c1cnc(SC)n1-c1ccccc1. The van der Waals surface area contributed by atoms with Crippen molar-refractivity contribution in [2.75, 3.05) is 13.4 Å². The largest absolute Gasteiger partial charge is 0.380 e. The fraction of sp³-hybridized carbons (Fsp3) is 0.200. The first kappa shape index (κ1) is 18.2. The lowest BCUT2D eigenvalue weighted by Crippen LogP contribution is -2.25. The van der Waals surface area contributed by atoms with Crippen LogP contribution in [0.3, 0.4) is 0 Å². The summed E-state index contributed by atoms with van der Waals surface area (Å²) in [5, 5.41) is 3.78. The quantitative estimate of drug-likeness (QED) is 0.648. The average Bonchev–Trinajstić information content (AvgIpc) is 3.12. The third-order valence-corrected chi connectivity index (χ3v) is 4.67. The van der Waals surface area contributed by atoms with E-state index in [0.29, 0.717) is 18.8 Å². The molecule has 134 valence electrons. The normalized spacial score (nSPS) is 10.7. The second-order valence-corrected chi connectivity index (χ2v) is 6.46. The number of ether oxygens (including phenoxy) is 1. The van der Waals surface area contributed by atoms with Gasteiger partial charge in [-0.1, -0.05) is 54.2 Å². The Labute approximate surface area is 157 Å². The molecule has 0 fully saturated rings. The molecule has 1 N–H and O–H groups in total. The number of imidazole rings is 1. The summed E-state index contributed by atoms with van der Waals surface area (Å²) < 4.78 is 7.10. The molecule has 0 aliphatic heterocycles. The molecule has 1 amide bonds. The molecule has 6 heteroatoms. The molecule has 0 spiro atoms. The predicted molar refractivity (Wildman–Crippen MR) is 104 cm³/mol. The molecule has 3 rings (SSSR count). The van der Waals surface area contributed by atoms with Crippen molar-refractivity contribution in [2.45, 2.75) is 18.3 Å². The monoisotopic (exact) mass is 367 g/mol. The van der Waals surface area contributed by atoms with E-state index in [2.05, 4.69) is 10.3 Å². The van der Waals surface area contributed by atoms with E-state index in [-0.39, 0.29) is 5.91 Å². The molecule has 3 aromatic rings. The number of nitrogens with zero attached hydrogens (tertiary/aromatic N) is 2. The lowest BCUT2D eigenvalue weighted by Gasteiger charge is -2.12. The average molecular weight is 367 g/mol. The highest BCUT2D eigenvalue weighted by atomic mass is 32.2. The van der Waals surface area contributed by atoms with Crippen molar-refractivity contribution in [1.82, 2.24) is 14.9 Å². The minimum atomic E-state index is -0.158. The van der Waals surface area contributed by atoms with Gasteiger partial charge in [0, 0.05) is 19.3 Å². The minimum Gasteiger partial charge on any atom is -0.380 e. The van der Waals surface area contributed by atoms with Crippen molar-refractivity contribution >= 4 is 17.7 Å². The van der Waals surface area contributed by atoms with Gasteiger partial charge in [0.05, 0.1) is 12.8 Å². The van der Waals surface area contributed by atoms with E-state index in [0.717, 1.165) is 22.0 Å². The number of amides is 1. The van der Waals surface area contributed by atoms with E-state index in [9.17, 15) is 4.79 Å². The lowest BCUT2D eigenvalue weighted by atomic mass is 10.1. The molecule has 5 nitrogen and oxygen atoms in total. The fourth-order valence-corrected chi connectivity index (χ4v) is 3.30. The maximum Gasteiger partial charge on any atom is 0.270 e. The summed E-state index contributed by atoms with van der Waals surface area (Å²) in [5.41, 5.74) is 3.54. The molecular formula is C20H21N3O2S. The van der Waals surface area contributed by atoms with Crippen molar-refractivity contribution in [1.29, 1.82) is 0 Å². The Morgan fingerprint density at radius 1 is 1.12 bits per heavy atom. The Morgan fingerprint density at radius 3 is 2.50 bits per heavy atom. The van der Waals surface area contributed by atoms with Gasteiger partial charge in [-0.3, -0.25) is 9.36 Å². The maximum atomic E-state index is 12.8. The maximum absolute atomic E-state index is 12.8. The van der Waals surface area contributed by atoms with Crippen molar-refractivity contribution in [3.8, 4) is 5.69 Å². The number of hydrogen-bond acceptors (Lipinski definition) is 4. The molecular weight excluding hydrogens is 346 g/mol. The Balaban J connectivity index is 1.82. The van der Waals surface area contributed by atoms with E-state index in [1.807, 2.05) is 65.4 Å². The van der Waals surface area contributed by atoms with E-state index >= 15 is 0 Å². The number of nitrogens with one attached hydrogen (secondary N) is 1. The van der Waals surface area contributed by atoms with Crippen LogP contribution < -0.4 is 5.32 Å². The molecule has 1 aromatic heterocycles.